The number of nitrogens with zero attached hydrogens (tertiary/aromatic N) is 4. The van der Waals surface area contributed by atoms with Gasteiger partial charge in [-0.15, -0.1) is 0 Å². The van der Waals surface area contributed by atoms with Crippen LogP contribution >= 0.6 is 0 Å². The Labute approximate surface area is 142 Å². The normalized spacial score (nSPS) is 21.2. The van der Waals surface area contributed by atoms with E-state index in [0.717, 1.165) is 69.1 Å². The first-order chi connectivity index (χ1) is 11.8. The topological polar surface area (TPSA) is 80.0 Å². The minimum absolute atomic E-state index is 0.232. The molecule has 0 aliphatic carbocycles. The lowest BCUT2D eigenvalue weighted by atomic mass is 10.0. The number of aromatic nitrogens is 3. The average molecular weight is 324 g/mol. The van der Waals surface area contributed by atoms with Gasteiger partial charge >= 0.3 is 0 Å². The Bertz CT molecular complexity index is 702. The van der Waals surface area contributed by atoms with Gasteiger partial charge in [0.1, 0.15) is 5.82 Å². The summed E-state index contributed by atoms with van der Waals surface area (Å²) < 4.78 is 0. The predicted octanol–water partition coefficient (Wildman–Crippen LogP) is 1.15. The zero-order valence-corrected chi connectivity index (χ0v) is 13.9. The van der Waals surface area contributed by atoms with E-state index < -0.39 is 0 Å². The van der Waals surface area contributed by atoms with E-state index in [0.29, 0.717) is 0 Å². The van der Waals surface area contributed by atoms with Crippen molar-refractivity contribution in [2.24, 2.45) is 5.73 Å². The lowest BCUT2D eigenvalue weighted by Crippen LogP contribution is -2.43. The molecule has 2 aromatic rings. The van der Waals surface area contributed by atoms with Crippen molar-refractivity contribution in [3.05, 3.63) is 35.8 Å². The van der Waals surface area contributed by atoms with E-state index in [-0.39, 0.29) is 6.04 Å². The Hall–Kier alpha value is -2.05. The molecule has 0 amide bonds. The van der Waals surface area contributed by atoms with Crippen LogP contribution in [0.3, 0.4) is 0 Å². The van der Waals surface area contributed by atoms with Crippen LogP contribution < -0.4 is 16.0 Å². The standard InChI is InChI=1S/C18H24N6/c19-14-4-2-10-24(12-14)18-15-5-8-20-9-6-16(15)22-17(23-18)13-3-1-7-21-11-13/h1,3,7,11,14,20H,2,4-6,8-10,12,19H2/t14-/m1/s1. The second kappa shape index (κ2) is 6.83. The predicted molar refractivity (Wildman–Crippen MR) is 95.0 cm³/mol. The maximum absolute atomic E-state index is 6.21. The quantitative estimate of drug-likeness (QED) is 0.863. The van der Waals surface area contributed by atoms with E-state index in [1.807, 2.05) is 18.3 Å². The van der Waals surface area contributed by atoms with Gasteiger partial charge in [0.25, 0.3) is 0 Å². The van der Waals surface area contributed by atoms with Crippen molar-refractivity contribution >= 4 is 5.82 Å². The summed E-state index contributed by atoms with van der Waals surface area (Å²) in [7, 11) is 0. The Morgan fingerprint density at radius 2 is 2.12 bits per heavy atom. The Morgan fingerprint density at radius 1 is 1.21 bits per heavy atom. The van der Waals surface area contributed by atoms with E-state index in [1.54, 1.807) is 6.20 Å². The first-order valence-corrected chi connectivity index (χ1v) is 8.82. The molecule has 1 saturated heterocycles. The number of nitrogens with one attached hydrogen (secondary N) is 1. The molecule has 0 bridgehead atoms. The summed E-state index contributed by atoms with van der Waals surface area (Å²) in [5, 5.41) is 3.47. The molecule has 1 fully saturated rings. The van der Waals surface area contributed by atoms with Crippen LogP contribution in [0.15, 0.2) is 24.5 Å². The van der Waals surface area contributed by atoms with Gasteiger partial charge in [-0.2, -0.15) is 0 Å². The summed E-state index contributed by atoms with van der Waals surface area (Å²) in [5.74, 6) is 1.86. The Morgan fingerprint density at radius 3 is 2.96 bits per heavy atom. The first-order valence-electron chi connectivity index (χ1n) is 8.82. The number of hydrogen-bond donors (Lipinski definition) is 2. The van der Waals surface area contributed by atoms with Gasteiger partial charge in [-0.25, -0.2) is 9.97 Å². The largest absolute Gasteiger partial charge is 0.355 e. The highest BCUT2D eigenvalue weighted by molar-refractivity contribution is 5.60. The zero-order chi connectivity index (χ0) is 16.4. The maximum Gasteiger partial charge on any atom is 0.163 e. The number of nitrogens with two attached hydrogens (primary N) is 1. The second-order valence-corrected chi connectivity index (χ2v) is 6.64. The SMILES string of the molecule is N[C@@H]1CCCN(c2nc(-c3cccnc3)nc3c2CCNCC3)C1. The molecule has 2 aliphatic rings. The van der Waals surface area contributed by atoms with Crippen LogP contribution in [0.25, 0.3) is 11.4 Å². The summed E-state index contributed by atoms with van der Waals surface area (Å²) in [4.78, 5) is 16.4. The highest BCUT2D eigenvalue weighted by Crippen LogP contribution is 2.28. The average Bonchev–Trinajstić information content (AvgIpc) is 2.87. The minimum atomic E-state index is 0.232. The van der Waals surface area contributed by atoms with Gasteiger partial charge in [0.15, 0.2) is 5.82 Å². The highest BCUT2D eigenvalue weighted by atomic mass is 15.2. The van der Waals surface area contributed by atoms with E-state index in [1.165, 1.54) is 11.3 Å². The number of piperidine rings is 1. The fourth-order valence-corrected chi connectivity index (χ4v) is 3.61. The third-order valence-corrected chi connectivity index (χ3v) is 4.84. The van der Waals surface area contributed by atoms with Gasteiger partial charge in [-0.1, -0.05) is 0 Å². The smallest absolute Gasteiger partial charge is 0.163 e. The van der Waals surface area contributed by atoms with Crippen molar-refractivity contribution in [2.75, 3.05) is 31.1 Å². The highest BCUT2D eigenvalue weighted by Gasteiger charge is 2.24. The van der Waals surface area contributed by atoms with E-state index in [2.05, 4.69) is 15.2 Å². The zero-order valence-electron chi connectivity index (χ0n) is 13.9. The van der Waals surface area contributed by atoms with Crippen LogP contribution in [-0.2, 0) is 12.8 Å². The van der Waals surface area contributed by atoms with Crippen LogP contribution in [0.2, 0.25) is 0 Å². The third kappa shape index (κ3) is 3.12. The third-order valence-electron chi connectivity index (χ3n) is 4.84. The fraction of sp³-hybridized carbons (Fsp3) is 0.500. The second-order valence-electron chi connectivity index (χ2n) is 6.64. The molecule has 0 saturated carbocycles. The summed E-state index contributed by atoms with van der Waals surface area (Å²) in [6, 6.07) is 4.19. The molecule has 24 heavy (non-hydrogen) atoms. The van der Waals surface area contributed by atoms with Crippen molar-refractivity contribution < 1.29 is 0 Å². The molecular formula is C18H24N6. The lowest BCUT2D eigenvalue weighted by molar-refractivity contribution is 0.501. The number of anilines is 1. The van der Waals surface area contributed by atoms with Crippen LogP contribution in [0.5, 0.6) is 0 Å². The van der Waals surface area contributed by atoms with Gasteiger partial charge in [0.05, 0.1) is 5.69 Å². The molecule has 6 nitrogen and oxygen atoms in total. The van der Waals surface area contributed by atoms with Gasteiger partial charge < -0.3 is 16.0 Å². The number of hydrogen-bond acceptors (Lipinski definition) is 6. The summed E-state index contributed by atoms with van der Waals surface area (Å²) in [6.07, 6.45) is 7.76. The molecule has 6 heteroatoms. The Balaban J connectivity index is 1.80. The molecule has 126 valence electrons. The minimum Gasteiger partial charge on any atom is -0.355 e. The van der Waals surface area contributed by atoms with Gasteiger partial charge in [0, 0.05) is 55.6 Å². The summed E-state index contributed by atoms with van der Waals surface area (Å²) in [5.41, 5.74) is 9.65. The van der Waals surface area contributed by atoms with Crippen molar-refractivity contribution in [2.45, 2.75) is 31.7 Å². The molecule has 1 atom stereocenters. The van der Waals surface area contributed by atoms with Gasteiger partial charge in [-0.3, -0.25) is 4.98 Å². The van der Waals surface area contributed by atoms with Gasteiger partial charge in [0.2, 0.25) is 0 Å². The van der Waals surface area contributed by atoms with Crippen LogP contribution in [-0.4, -0.2) is 47.2 Å². The number of pyridine rings is 1. The van der Waals surface area contributed by atoms with Crippen molar-refractivity contribution in [1.29, 1.82) is 0 Å². The van der Waals surface area contributed by atoms with Crippen LogP contribution in [0.4, 0.5) is 5.82 Å². The molecule has 4 heterocycles. The summed E-state index contributed by atoms with van der Waals surface area (Å²) >= 11 is 0. The number of rotatable bonds is 2. The summed E-state index contributed by atoms with van der Waals surface area (Å²) in [6.45, 7) is 3.85. The Kier molecular flexibility index (Phi) is 4.40. The first kappa shape index (κ1) is 15.5. The van der Waals surface area contributed by atoms with E-state index in [4.69, 9.17) is 15.7 Å². The van der Waals surface area contributed by atoms with E-state index in [9.17, 15) is 0 Å². The van der Waals surface area contributed by atoms with Crippen molar-refractivity contribution in [3.63, 3.8) is 0 Å². The molecule has 2 aromatic heterocycles. The van der Waals surface area contributed by atoms with Gasteiger partial charge in [-0.05, 0) is 37.9 Å². The molecule has 0 unspecified atom stereocenters. The lowest BCUT2D eigenvalue weighted by Gasteiger charge is -2.33. The molecule has 0 aromatic carbocycles. The molecular weight excluding hydrogens is 300 g/mol. The molecule has 4 rings (SSSR count). The van der Waals surface area contributed by atoms with Crippen LogP contribution in [0, 0.1) is 0 Å². The monoisotopic (exact) mass is 324 g/mol. The molecule has 3 N–H and O–H groups in total. The molecule has 0 radical (unpaired) electrons. The van der Waals surface area contributed by atoms with Crippen molar-refractivity contribution in [1.82, 2.24) is 20.3 Å². The molecule has 0 spiro atoms. The maximum atomic E-state index is 6.21. The molecule has 2 aliphatic heterocycles. The number of fused-ring (bicyclic) bond motifs is 1. The van der Waals surface area contributed by atoms with Crippen LogP contribution in [0.1, 0.15) is 24.1 Å². The van der Waals surface area contributed by atoms with E-state index >= 15 is 0 Å². The fourth-order valence-electron chi connectivity index (χ4n) is 3.61. The van der Waals surface area contributed by atoms with Crippen molar-refractivity contribution in [3.8, 4) is 11.4 Å².